The van der Waals surface area contributed by atoms with Crippen molar-refractivity contribution in [2.24, 2.45) is 0 Å². The minimum Gasteiger partial charge on any atom is -0.284 e. The second-order valence-corrected chi connectivity index (χ2v) is 5.67. The number of nitrogens with one attached hydrogen (secondary N) is 1. The Balaban J connectivity index is 2.23. The third-order valence-corrected chi connectivity index (χ3v) is 2.77. The van der Waals surface area contributed by atoms with Gasteiger partial charge in [-0.3, -0.25) is 4.72 Å². The van der Waals surface area contributed by atoms with Gasteiger partial charge in [-0.1, -0.05) is 18.1 Å². The van der Waals surface area contributed by atoms with E-state index in [2.05, 4.69) is 21.5 Å². The zero-order valence-corrected chi connectivity index (χ0v) is 11.1. The Morgan fingerprint density at radius 1 is 1.11 bits per heavy atom. The Morgan fingerprint density at radius 2 is 1.95 bits per heavy atom. The number of aromatic nitrogens is 1. The summed E-state index contributed by atoms with van der Waals surface area (Å²) in [6, 6.07) is 12.4. The molecule has 0 saturated heterocycles. The molecule has 1 aromatic heterocycles. The van der Waals surface area contributed by atoms with Crippen LogP contribution in [0.5, 0.6) is 0 Å². The predicted molar refractivity (Wildman–Crippen MR) is 75.1 cm³/mol. The number of sulfonamides is 1. The van der Waals surface area contributed by atoms with E-state index in [1.807, 2.05) is 24.3 Å². The van der Waals surface area contributed by atoms with E-state index in [4.69, 9.17) is 0 Å². The summed E-state index contributed by atoms with van der Waals surface area (Å²) < 4.78 is 24.7. The molecule has 0 aliphatic heterocycles. The molecule has 5 heteroatoms. The van der Waals surface area contributed by atoms with Crippen LogP contribution in [0.25, 0.3) is 0 Å². The van der Waals surface area contributed by atoms with Crippen LogP contribution in [0.1, 0.15) is 11.3 Å². The van der Waals surface area contributed by atoms with Crippen molar-refractivity contribution in [2.75, 3.05) is 11.0 Å². The van der Waals surface area contributed by atoms with Crippen LogP contribution in [-0.2, 0) is 10.0 Å². The molecule has 0 bridgehead atoms. The van der Waals surface area contributed by atoms with Gasteiger partial charge in [-0.25, -0.2) is 13.4 Å². The highest BCUT2D eigenvalue weighted by Crippen LogP contribution is 2.11. The second kappa shape index (κ2) is 5.55. The molecule has 0 radical (unpaired) electrons. The lowest BCUT2D eigenvalue weighted by atomic mass is 10.2. The van der Waals surface area contributed by atoms with Gasteiger partial charge in [0.25, 0.3) is 0 Å². The summed E-state index contributed by atoms with van der Waals surface area (Å²) in [5.41, 5.74) is 1.89. The van der Waals surface area contributed by atoms with Gasteiger partial charge in [0.2, 0.25) is 10.0 Å². The van der Waals surface area contributed by atoms with Crippen LogP contribution >= 0.6 is 0 Å². The van der Waals surface area contributed by atoms with Crippen LogP contribution < -0.4 is 4.72 Å². The van der Waals surface area contributed by atoms with Crippen LogP contribution in [0.2, 0.25) is 0 Å². The Labute approximate surface area is 112 Å². The van der Waals surface area contributed by atoms with E-state index in [-0.39, 0.29) is 0 Å². The number of benzene rings is 1. The molecule has 0 atom stereocenters. The van der Waals surface area contributed by atoms with Crippen molar-refractivity contribution in [2.45, 2.75) is 0 Å². The smallest absolute Gasteiger partial charge is 0.229 e. The van der Waals surface area contributed by atoms with Crippen LogP contribution in [-0.4, -0.2) is 19.7 Å². The SMILES string of the molecule is CS(=O)(=O)Nc1cccc(C#Cc2ccccn2)c1. The summed E-state index contributed by atoms with van der Waals surface area (Å²) in [7, 11) is -3.27. The Hall–Kier alpha value is -2.32. The van der Waals surface area contributed by atoms with Gasteiger partial charge in [0.1, 0.15) is 5.69 Å². The van der Waals surface area contributed by atoms with Crippen molar-refractivity contribution in [3.05, 3.63) is 59.9 Å². The van der Waals surface area contributed by atoms with Gasteiger partial charge in [0.15, 0.2) is 0 Å². The number of hydrogen-bond donors (Lipinski definition) is 1. The molecule has 0 spiro atoms. The number of anilines is 1. The molecule has 96 valence electrons. The molecule has 4 nitrogen and oxygen atoms in total. The summed E-state index contributed by atoms with van der Waals surface area (Å²) >= 11 is 0. The molecule has 0 aliphatic carbocycles. The molecule has 0 fully saturated rings. The fraction of sp³-hybridized carbons (Fsp3) is 0.0714. The molecular formula is C14H12N2O2S. The van der Waals surface area contributed by atoms with Crippen molar-refractivity contribution in [1.82, 2.24) is 4.98 Å². The van der Waals surface area contributed by atoms with Crippen LogP contribution in [0.15, 0.2) is 48.7 Å². The molecule has 2 rings (SSSR count). The van der Waals surface area contributed by atoms with E-state index in [9.17, 15) is 8.42 Å². The summed E-state index contributed by atoms with van der Waals surface area (Å²) in [6.07, 6.45) is 2.78. The van der Waals surface area contributed by atoms with Crippen molar-refractivity contribution < 1.29 is 8.42 Å². The maximum Gasteiger partial charge on any atom is 0.229 e. The number of rotatable bonds is 2. The van der Waals surface area contributed by atoms with Gasteiger partial charge in [-0.15, -0.1) is 0 Å². The van der Waals surface area contributed by atoms with Crippen LogP contribution in [0.4, 0.5) is 5.69 Å². The highest BCUT2D eigenvalue weighted by atomic mass is 32.2. The number of hydrogen-bond acceptors (Lipinski definition) is 3. The lowest BCUT2D eigenvalue weighted by Gasteiger charge is -2.03. The first kappa shape index (κ1) is 13.1. The first-order chi connectivity index (χ1) is 9.03. The molecule has 0 unspecified atom stereocenters. The molecular weight excluding hydrogens is 260 g/mol. The van der Waals surface area contributed by atoms with Gasteiger partial charge in [0.05, 0.1) is 6.26 Å². The quantitative estimate of drug-likeness (QED) is 0.849. The Kier molecular flexibility index (Phi) is 3.83. The molecule has 2 aromatic rings. The lowest BCUT2D eigenvalue weighted by molar-refractivity contribution is 0.607. The number of pyridine rings is 1. The fourth-order valence-corrected chi connectivity index (χ4v) is 2.00. The first-order valence-corrected chi connectivity index (χ1v) is 7.43. The molecule has 1 N–H and O–H groups in total. The van der Waals surface area contributed by atoms with Crippen LogP contribution in [0, 0.1) is 11.8 Å². The van der Waals surface area contributed by atoms with Gasteiger partial charge in [-0.05, 0) is 36.3 Å². The highest BCUT2D eigenvalue weighted by Gasteiger charge is 2.01. The monoisotopic (exact) mass is 272 g/mol. The van der Waals surface area contributed by atoms with E-state index in [1.165, 1.54) is 0 Å². The maximum atomic E-state index is 11.1. The van der Waals surface area contributed by atoms with E-state index < -0.39 is 10.0 Å². The van der Waals surface area contributed by atoms with Crippen molar-refractivity contribution in [3.63, 3.8) is 0 Å². The lowest BCUT2D eigenvalue weighted by Crippen LogP contribution is -2.09. The van der Waals surface area contributed by atoms with Gasteiger partial charge in [0, 0.05) is 17.4 Å². The molecule has 0 aliphatic rings. The Morgan fingerprint density at radius 3 is 2.63 bits per heavy atom. The Bertz CT molecular complexity index is 729. The molecule has 1 aromatic carbocycles. The maximum absolute atomic E-state index is 11.1. The molecule has 1 heterocycles. The largest absolute Gasteiger partial charge is 0.284 e. The van der Waals surface area contributed by atoms with Crippen LogP contribution in [0.3, 0.4) is 0 Å². The minimum absolute atomic E-state index is 0.496. The topological polar surface area (TPSA) is 59.1 Å². The third-order valence-electron chi connectivity index (χ3n) is 2.17. The summed E-state index contributed by atoms with van der Waals surface area (Å²) in [4.78, 5) is 4.09. The average molecular weight is 272 g/mol. The zero-order valence-electron chi connectivity index (χ0n) is 10.3. The van der Waals surface area contributed by atoms with Gasteiger partial charge >= 0.3 is 0 Å². The average Bonchev–Trinajstić information content (AvgIpc) is 2.36. The van der Waals surface area contributed by atoms with Crippen molar-refractivity contribution >= 4 is 15.7 Å². The van der Waals surface area contributed by atoms with Gasteiger partial charge in [-0.2, -0.15) is 0 Å². The minimum atomic E-state index is -3.27. The van der Waals surface area contributed by atoms with Crippen molar-refractivity contribution in [1.29, 1.82) is 0 Å². The molecule has 0 amide bonds. The normalized spacial score (nSPS) is 10.4. The molecule has 0 saturated carbocycles. The van der Waals surface area contributed by atoms with E-state index in [0.29, 0.717) is 11.4 Å². The zero-order chi connectivity index (χ0) is 13.7. The summed E-state index contributed by atoms with van der Waals surface area (Å²) in [5.74, 6) is 5.85. The molecule has 19 heavy (non-hydrogen) atoms. The van der Waals surface area contributed by atoms with E-state index in [0.717, 1.165) is 11.8 Å². The highest BCUT2D eigenvalue weighted by molar-refractivity contribution is 7.92. The van der Waals surface area contributed by atoms with E-state index >= 15 is 0 Å². The summed E-state index contributed by atoms with van der Waals surface area (Å²) in [6.45, 7) is 0. The summed E-state index contributed by atoms with van der Waals surface area (Å²) in [5, 5.41) is 0. The predicted octanol–water partition coefficient (Wildman–Crippen LogP) is 1.85. The number of nitrogens with zero attached hydrogens (tertiary/aromatic N) is 1. The fourth-order valence-electron chi connectivity index (χ4n) is 1.45. The van der Waals surface area contributed by atoms with Gasteiger partial charge < -0.3 is 0 Å². The van der Waals surface area contributed by atoms with Crippen molar-refractivity contribution in [3.8, 4) is 11.8 Å². The standard InChI is InChI=1S/C14H12N2O2S/c1-19(17,18)16-14-7-4-5-12(11-14)8-9-13-6-2-3-10-15-13/h2-7,10-11,16H,1H3. The second-order valence-electron chi connectivity index (χ2n) is 3.92. The first-order valence-electron chi connectivity index (χ1n) is 5.54. The van der Waals surface area contributed by atoms with E-state index in [1.54, 1.807) is 24.4 Å². The third kappa shape index (κ3) is 4.45.